The number of amides is 1. The molecule has 0 spiro atoms. The molecule has 1 aliphatic carbocycles. The van der Waals surface area contributed by atoms with Crippen LogP contribution in [-0.2, 0) is 4.79 Å². The number of hydrogen-bond donors (Lipinski definition) is 1. The summed E-state index contributed by atoms with van der Waals surface area (Å²) in [7, 11) is 0. The molecule has 1 aromatic rings. The predicted molar refractivity (Wildman–Crippen MR) is 91.0 cm³/mol. The molecule has 0 radical (unpaired) electrons. The van der Waals surface area contributed by atoms with Gasteiger partial charge in [0.1, 0.15) is 0 Å². The van der Waals surface area contributed by atoms with Gasteiger partial charge in [-0.25, -0.2) is 0 Å². The highest BCUT2D eigenvalue weighted by molar-refractivity contribution is 5.79. The number of pyridine rings is 1. The van der Waals surface area contributed by atoms with Crippen molar-refractivity contribution >= 4 is 5.91 Å². The first-order valence-electron chi connectivity index (χ1n) is 8.79. The summed E-state index contributed by atoms with van der Waals surface area (Å²) in [6, 6.07) is 4.81. The van der Waals surface area contributed by atoms with Crippen LogP contribution in [0.3, 0.4) is 0 Å². The van der Waals surface area contributed by atoms with Crippen LogP contribution in [-0.4, -0.2) is 59.5 Å². The third kappa shape index (κ3) is 4.30. The quantitative estimate of drug-likeness (QED) is 0.867. The van der Waals surface area contributed by atoms with Gasteiger partial charge in [-0.3, -0.25) is 14.7 Å². The molecule has 2 heterocycles. The van der Waals surface area contributed by atoms with Crippen LogP contribution >= 0.6 is 0 Å². The van der Waals surface area contributed by atoms with Crippen molar-refractivity contribution in [3.8, 4) is 0 Å². The monoisotopic (exact) mass is 316 g/mol. The number of aromatic nitrogens is 1. The Hall–Kier alpha value is -1.46. The number of piperazine rings is 1. The van der Waals surface area contributed by atoms with E-state index in [0.29, 0.717) is 18.5 Å². The van der Waals surface area contributed by atoms with Crippen LogP contribution in [0.5, 0.6) is 0 Å². The van der Waals surface area contributed by atoms with E-state index in [0.717, 1.165) is 26.2 Å². The van der Waals surface area contributed by atoms with E-state index in [2.05, 4.69) is 40.0 Å². The van der Waals surface area contributed by atoms with Gasteiger partial charge in [-0.1, -0.05) is 19.9 Å². The lowest BCUT2D eigenvalue weighted by atomic mass is 10.1. The zero-order chi connectivity index (χ0) is 16.2. The van der Waals surface area contributed by atoms with Crippen LogP contribution in [0.25, 0.3) is 0 Å². The molecule has 126 valence electrons. The fourth-order valence-corrected chi connectivity index (χ4v) is 3.34. The molecule has 2 fully saturated rings. The minimum Gasteiger partial charge on any atom is -0.338 e. The predicted octanol–water partition coefficient (Wildman–Crippen LogP) is 1.67. The molecule has 3 rings (SSSR count). The third-order valence-electron chi connectivity index (χ3n) is 4.63. The lowest BCUT2D eigenvalue weighted by Crippen LogP contribution is -2.51. The van der Waals surface area contributed by atoms with Gasteiger partial charge in [-0.2, -0.15) is 0 Å². The summed E-state index contributed by atoms with van der Waals surface area (Å²) in [6.07, 6.45) is 6.06. The molecule has 1 aromatic heterocycles. The molecule has 1 atom stereocenters. The van der Waals surface area contributed by atoms with Crippen LogP contribution in [0.2, 0.25) is 0 Å². The van der Waals surface area contributed by atoms with E-state index in [4.69, 9.17) is 0 Å². The van der Waals surface area contributed by atoms with Crippen molar-refractivity contribution in [2.75, 3.05) is 32.7 Å². The number of nitrogens with one attached hydrogen (secondary N) is 1. The Kier molecular flexibility index (Phi) is 5.28. The van der Waals surface area contributed by atoms with Crippen molar-refractivity contribution in [1.82, 2.24) is 20.1 Å². The molecule has 1 saturated carbocycles. The van der Waals surface area contributed by atoms with Crippen molar-refractivity contribution < 1.29 is 4.79 Å². The fraction of sp³-hybridized carbons (Fsp3) is 0.667. The summed E-state index contributed by atoms with van der Waals surface area (Å²) in [4.78, 5) is 21.5. The highest BCUT2D eigenvalue weighted by Gasteiger charge is 2.34. The summed E-state index contributed by atoms with van der Waals surface area (Å²) in [5.74, 6) is 0.814. The number of nitrogens with zero attached hydrogens (tertiary/aromatic N) is 3. The van der Waals surface area contributed by atoms with Crippen LogP contribution < -0.4 is 5.32 Å². The molecule has 1 saturated heterocycles. The minimum atomic E-state index is 0.238. The minimum absolute atomic E-state index is 0.238. The Morgan fingerprint density at radius 2 is 2.30 bits per heavy atom. The molecule has 0 bridgehead atoms. The first kappa shape index (κ1) is 16.4. The highest BCUT2D eigenvalue weighted by Crippen LogP contribution is 2.28. The second-order valence-corrected chi connectivity index (χ2v) is 7.15. The Labute approximate surface area is 139 Å². The van der Waals surface area contributed by atoms with E-state index in [1.807, 2.05) is 12.3 Å². The molecule has 0 aromatic carbocycles. The maximum Gasteiger partial charge on any atom is 0.237 e. The zero-order valence-electron chi connectivity index (χ0n) is 14.2. The third-order valence-corrected chi connectivity index (χ3v) is 4.63. The summed E-state index contributed by atoms with van der Waals surface area (Å²) in [5.41, 5.74) is 1.19. The number of rotatable bonds is 6. The maximum atomic E-state index is 12.9. The fourth-order valence-electron chi connectivity index (χ4n) is 3.34. The molecule has 1 amide bonds. The van der Waals surface area contributed by atoms with Gasteiger partial charge in [0, 0.05) is 50.7 Å². The van der Waals surface area contributed by atoms with E-state index < -0.39 is 0 Å². The summed E-state index contributed by atoms with van der Waals surface area (Å²) >= 11 is 0. The lowest BCUT2D eigenvalue weighted by Gasteiger charge is -2.37. The summed E-state index contributed by atoms with van der Waals surface area (Å²) < 4.78 is 0. The number of carbonyl (C=O) groups is 1. The molecule has 1 unspecified atom stereocenters. The second kappa shape index (κ2) is 7.41. The lowest BCUT2D eigenvalue weighted by molar-refractivity contribution is -0.134. The van der Waals surface area contributed by atoms with Crippen molar-refractivity contribution in [3.63, 3.8) is 0 Å². The molecule has 23 heavy (non-hydrogen) atoms. The molecule has 5 nitrogen and oxygen atoms in total. The van der Waals surface area contributed by atoms with Crippen LogP contribution in [0.1, 0.15) is 38.3 Å². The normalized spacial score (nSPS) is 22.3. The smallest absolute Gasteiger partial charge is 0.237 e. The molecule has 5 heteroatoms. The van der Waals surface area contributed by atoms with Crippen molar-refractivity contribution in [2.24, 2.45) is 5.92 Å². The molecule has 1 aliphatic heterocycles. The van der Waals surface area contributed by atoms with Gasteiger partial charge in [0.05, 0.1) is 6.54 Å². The average molecular weight is 316 g/mol. The van der Waals surface area contributed by atoms with Crippen molar-refractivity contribution in [2.45, 2.75) is 38.8 Å². The van der Waals surface area contributed by atoms with E-state index in [1.165, 1.54) is 18.4 Å². The number of hydrogen-bond acceptors (Lipinski definition) is 4. The molecular weight excluding hydrogens is 288 g/mol. The van der Waals surface area contributed by atoms with E-state index in [9.17, 15) is 4.79 Å². The van der Waals surface area contributed by atoms with Crippen molar-refractivity contribution in [1.29, 1.82) is 0 Å². The van der Waals surface area contributed by atoms with Gasteiger partial charge in [-0.05, 0) is 30.4 Å². The Balaban J connectivity index is 1.67. The van der Waals surface area contributed by atoms with E-state index in [1.54, 1.807) is 6.20 Å². The first-order chi connectivity index (χ1) is 11.1. The Morgan fingerprint density at radius 1 is 1.48 bits per heavy atom. The van der Waals surface area contributed by atoms with Crippen LogP contribution in [0.4, 0.5) is 0 Å². The summed E-state index contributed by atoms with van der Waals surface area (Å²) in [5, 5.41) is 3.44. The van der Waals surface area contributed by atoms with Crippen LogP contribution in [0.15, 0.2) is 24.5 Å². The second-order valence-electron chi connectivity index (χ2n) is 7.15. The molecule has 2 aliphatic rings. The van der Waals surface area contributed by atoms with E-state index >= 15 is 0 Å². The Bertz CT molecular complexity index is 515. The van der Waals surface area contributed by atoms with Gasteiger partial charge in [0.2, 0.25) is 5.91 Å². The maximum absolute atomic E-state index is 12.9. The SMILES string of the molecule is CC(C)CN(C(=O)CN1CCNCC1c1cccnc1)C1CC1. The van der Waals surface area contributed by atoms with Gasteiger partial charge >= 0.3 is 0 Å². The van der Waals surface area contributed by atoms with Gasteiger partial charge < -0.3 is 10.2 Å². The number of carbonyl (C=O) groups excluding carboxylic acids is 1. The van der Waals surface area contributed by atoms with Crippen molar-refractivity contribution in [3.05, 3.63) is 30.1 Å². The molecule has 1 N–H and O–H groups in total. The highest BCUT2D eigenvalue weighted by atomic mass is 16.2. The topological polar surface area (TPSA) is 48.5 Å². The zero-order valence-corrected chi connectivity index (χ0v) is 14.2. The summed E-state index contributed by atoms with van der Waals surface area (Å²) in [6.45, 7) is 8.51. The average Bonchev–Trinajstić information content (AvgIpc) is 3.38. The van der Waals surface area contributed by atoms with Gasteiger partial charge in [0.25, 0.3) is 0 Å². The standard InChI is InChI=1S/C18H28N4O/c1-14(2)12-22(16-5-6-16)18(23)13-21-9-8-20-11-17(21)15-4-3-7-19-10-15/h3-4,7,10,14,16-17,20H,5-6,8-9,11-13H2,1-2H3. The largest absolute Gasteiger partial charge is 0.338 e. The van der Waals surface area contributed by atoms with Crippen LogP contribution in [0, 0.1) is 5.92 Å². The van der Waals surface area contributed by atoms with Gasteiger partial charge in [0.15, 0.2) is 0 Å². The van der Waals surface area contributed by atoms with Gasteiger partial charge in [-0.15, -0.1) is 0 Å². The van der Waals surface area contributed by atoms with E-state index in [-0.39, 0.29) is 11.9 Å². The molecular formula is C18H28N4O. The Morgan fingerprint density at radius 3 is 2.96 bits per heavy atom. The first-order valence-corrected chi connectivity index (χ1v) is 8.79.